The predicted molar refractivity (Wildman–Crippen MR) is 91.0 cm³/mol. The SMILES string of the molecule is CCc1ncc(N2CCC(N)CC2)c(-c2ccc(C)cc2)n1. The van der Waals surface area contributed by atoms with Crippen LogP contribution in [0.4, 0.5) is 5.69 Å². The van der Waals surface area contributed by atoms with Crippen LogP contribution in [0.2, 0.25) is 0 Å². The van der Waals surface area contributed by atoms with E-state index in [1.54, 1.807) is 0 Å². The third-order valence-electron chi connectivity index (χ3n) is 4.34. The standard InChI is InChI=1S/C18H24N4/c1-3-17-20-12-16(22-10-8-15(19)9-11-22)18(21-17)14-6-4-13(2)5-7-14/h4-7,12,15H,3,8-11,19H2,1-2H3. The van der Waals surface area contributed by atoms with Crippen LogP contribution >= 0.6 is 0 Å². The Bertz CT molecular complexity index is 628. The molecule has 0 amide bonds. The Hall–Kier alpha value is -1.94. The molecular formula is C18H24N4. The fraction of sp³-hybridized carbons (Fsp3) is 0.444. The number of hydrogen-bond donors (Lipinski definition) is 1. The Morgan fingerprint density at radius 1 is 1.18 bits per heavy atom. The summed E-state index contributed by atoms with van der Waals surface area (Å²) in [6.07, 6.45) is 4.90. The average molecular weight is 296 g/mol. The average Bonchev–Trinajstić information content (AvgIpc) is 2.56. The van der Waals surface area contributed by atoms with Gasteiger partial charge in [-0.05, 0) is 19.8 Å². The fourth-order valence-corrected chi connectivity index (χ4v) is 2.88. The molecule has 1 fully saturated rings. The van der Waals surface area contributed by atoms with Gasteiger partial charge in [-0.1, -0.05) is 36.8 Å². The fourth-order valence-electron chi connectivity index (χ4n) is 2.88. The van der Waals surface area contributed by atoms with Crippen LogP contribution in [0.25, 0.3) is 11.3 Å². The molecule has 0 aliphatic carbocycles. The first-order valence-corrected chi connectivity index (χ1v) is 8.11. The molecule has 1 aromatic heterocycles. The van der Waals surface area contributed by atoms with E-state index in [1.807, 2.05) is 6.20 Å². The van der Waals surface area contributed by atoms with Gasteiger partial charge in [0.2, 0.25) is 0 Å². The highest BCUT2D eigenvalue weighted by Crippen LogP contribution is 2.30. The van der Waals surface area contributed by atoms with Crippen molar-refractivity contribution in [3.8, 4) is 11.3 Å². The van der Waals surface area contributed by atoms with E-state index in [-0.39, 0.29) is 0 Å². The zero-order valence-electron chi connectivity index (χ0n) is 13.4. The van der Waals surface area contributed by atoms with Crippen LogP contribution in [0.5, 0.6) is 0 Å². The summed E-state index contributed by atoms with van der Waals surface area (Å²) in [5.74, 6) is 0.896. The molecule has 0 saturated carbocycles. The largest absolute Gasteiger partial charge is 0.368 e. The van der Waals surface area contributed by atoms with E-state index in [1.165, 1.54) is 5.56 Å². The van der Waals surface area contributed by atoms with E-state index in [0.29, 0.717) is 6.04 Å². The first kappa shape index (κ1) is 15.0. The Morgan fingerprint density at radius 2 is 1.86 bits per heavy atom. The maximum Gasteiger partial charge on any atom is 0.128 e. The molecule has 0 atom stereocenters. The smallest absolute Gasteiger partial charge is 0.128 e. The van der Waals surface area contributed by atoms with E-state index in [2.05, 4.69) is 48.0 Å². The molecule has 4 nitrogen and oxygen atoms in total. The van der Waals surface area contributed by atoms with Crippen LogP contribution in [0.15, 0.2) is 30.5 Å². The lowest BCUT2D eigenvalue weighted by atomic mass is 10.0. The number of hydrogen-bond acceptors (Lipinski definition) is 4. The number of rotatable bonds is 3. The van der Waals surface area contributed by atoms with Gasteiger partial charge < -0.3 is 10.6 Å². The second kappa shape index (κ2) is 6.44. The van der Waals surface area contributed by atoms with Crippen molar-refractivity contribution in [1.29, 1.82) is 0 Å². The van der Waals surface area contributed by atoms with Crippen LogP contribution in [-0.4, -0.2) is 29.1 Å². The van der Waals surface area contributed by atoms with Crippen molar-refractivity contribution in [3.63, 3.8) is 0 Å². The molecule has 3 rings (SSSR count). The molecule has 116 valence electrons. The molecule has 22 heavy (non-hydrogen) atoms. The molecule has 2 heterocycles. The highest BCUT2D eigenvalue weighted by Gasteiger charge is 2.20. The van der Waals surface area contributed by atoms with Crippen LogP contribution in [0, 0.1) is 6.92 Å². The van der Waals surface area contributed by atoms with E-state index in [9.17, 15) is 0 Å². The Kier molecular flexibility index (Phi) is 4.39. The molecule has 1 saturated heterocycles. The first-order valence-electron chi connectivity index (χ1n) is 8.11. The summed E-state index contributed by atoms with van der Waals surface area (Å²) in [6, 6.07) is 8.90. The van der Waals surface area contributed by atoms with Crippen molar-refractivity contribution in [1.82, 2.24) is 9.97 Å². The molecule has 0 spiro atoms. The van der Waals surface area contributed by atoms with E-state index in [0.717, 1.165) is 55.1 Å². The van der Waals surface area contributed by atoms with E-state index >= 15 is 0 Å². The normalized spacial score (nSPS) is 16.0. The maximum atomic E-state index is 6.03. The molecule has 0 radical (unpaired) electrons. The van der Waals surface area contributed by atoms with Gasteiger partial charge in [-0.15, -0.1) is 0 Å². The van der Waals surface area contributed by atoms with Crippen molar-refractivity contribution in [3.05, 3.63) is 41.9 Å². The molecule has 1 aromatic carbocycles. The number of piperidine rings is 1. The zero-order chi connectivity index (χ0) is 15.5. The second-order valence-corrected chi connectivity index (χ2v) is 6.06. The lowest BCUT2D eigenvalue weighted by Crippen LogP contribution is -2.40. The van der Waals surface area contributed by atoms with Gasteiger partial charge in [-0.25, -0.2) is 9.97 Å². The Balaban J connectivity index is 2.00. The summed E-state index contributed by atoms with van der Waals surface area (Å²) in [5, 5.41) is 0. The van der Waals surface area contributed by atoms with Gasteiger partial charge in [0.25, 0.3) is 0 Å². The van der Waals surface area contributed by atoms with Crippen LogP contribution in [0.3, 0.4) is 0 Å². The number of benzene rings is 1. The lowest BCUT2D eigenvalue weighted by Gasteiger charge is -2.32. The van der Waals surface area contributed by atoms with Crippen LogP contribution < -0.4 is 10.6 Å². The van der Waals surface area contributed by atoms with Crippen LogP contribution in [-0.2, 0) is 6.42 Å². The molecular weight excluding hydrogens is 272 g/mol. The van der Waals surface area contributed by atoms with Gasteiger partial charge in [0, 0.05) is 31.1 Å². The minimum absolute atomic E-state index is 0.329. The molecule has 0 bridgehead atoms. The summed E-state index contributed by atoms with van der Waals surface area (Å²) in [4.78, 5) is 11.7. The molecule has 1 aliphatic rings. The summed E-state index contributed by atoms with van der Waals surface area (Å²) in [7, 11) is 0. The Morgan fingerprint density at radius 3 is 2.50 bits per heavy atom. The number of aromatic nitrogens is 2. The summed E-state index contributed by atoms with van der Waals surface area (Å²) < 4.78 is 0. The van der Waals surface area contributed by atoms with Gasteiger partial charge in [0.15, 0.2) is 0 Å². The third kappa shape index (κ3) is 3.12. The van der Waals surface area contributed by atoms with Crippen molar-refractivity contribution >= 4 is 5.69 Å². The van der Waals surface area contributed by atoms with Crippen LogP contribution in [0.1, 0.15) is 31.2 Å². The van der Waals surface area contributed by atoms with Crippen molar-refractivity contribution in [2.24, 2.45) is 5.73 Å². The topological polar surface area (TPSA) is 55.0 Å². The maximum absolute atomic E-state index is 6.03. The number of anilines is 1. The first-order chi connectivity index (χ1) is 10.7. The summed E-state index contributed by atoms with van der Waals surface area (Å²) >= 11 is 0. The molecule has 1 aliphatic heterocycles. The second-order valence-electron chi connectivity index (χ2n) is 6.06. The van der Waals surface area contributed by atoms with Crippen molar-refractivity contribution in [2.75, 3.05) is 18.0 Å². The minimum Gasteiger partial charge on any atom is -0.368 e. The quantitative estimate of drug-likeness (QED) is 0.946. The molecule has 4 heteroatoms. The molecule has 2 aromatic rings. The highest BCUT2D eigenvalue weighted by molar-refractivity contribution is 5.74. The monoisotopic (exact) mass is 296 g/mol. The molecule has 2 N–H and O–H groups in total. The van der Waals surface area contributed by atoms with Crippen molar-refractivity contribution in [2.45, 2.75) is 39.2 Å². The van der Waals surface area contributed by atoms with Gasteiger partial charge >= 0.3 is 0 Å². The van der Waals surface area contributed by atoms with Gasteiger partial charge in [0.05, 0.1) is 17.6 Å². The van der Waals surface area contributed by atoms with E-state index < -0.39 is 0 Å². The van der Waals surface area contributed by atoms with Crippen molar-refractivity contribution < 1.29 is 0 Å². The number of nitrogens with zero attached hydrogens (tertiary/aromatic N) is 3. The van der Waals surface area contributed by atoms with Gasteiger partial charge in [-0.3, -0.25) is 0 Å². The predicted octanol–water partition coefficient (Wildman–Crippen LogP) is 2.94. The minimum atomic E-state index is 0.329. The zero-order valence-corrected chi connectivity index (χ0v) is 13.4. The van der Waals surface area contributed by atoms with Gasteiger partial charge in [0.1, 0.15) is 5.82 Å². The summed E-state index contributed by atoms with van der Waals surface area (Å²) in [5.41, 5.74) is 10.6. The van der Waals surface area contributed by atoms with E-state index in [4.69, 9.17) is 10.7 Å². The third-order valence-corrected chi connectivity index (χ3v) is 4.34. The van der Waals surface area contributed by atoms with Gasteiger partial charge in [-0.2, -0.15) is 0 Å². The lowest BCUT2D eigenvalue weighted by molar-refractivity contribution is 0.501. The summed E-state index contributed by atoms with van der Waals surface area (Å²) in [6.45, 7) is 6.16. The number of aryl methyl sites for hydroxylation is 2. The Labute approximate surface area is 132 Å². The molecule has 0 unspecified atom stereocenters. The number of nitrogens with two attached hydrogens (primary N) is 1. The highest BCUT2D eigenvalue weighted by atomic mass is 15.2.